The minimum atomic E-state index is -0.0988. The zero-order valence-corrected chi connectivity index (χ0v) is 12.2. The van der Waals surface area contributed by atoms with Crippen molar-refractivity contribution in [2.45, 2.75) is 33.6 Å². The van der Waals surface area contributed by atoms with Crippen molar-refractivity contribution in [3.63, 3.8) is 0 Å². The highest BCUT2D eigenvalue weighted by atomic mass is 16.5. The molecule has 3 atom stereocenters. The number of cyclic esters (lactones) is 1. The molecule has 2 aliphatic carbocycles. The Hall–Kier alpha value is -1.25. The Bertz CT molecular complexity index is 486. The van der Waals surface area contributed by atoms with Crippen molar-refractivity contribution in [2.75, 3.05) is 13.7 Å². The van der Waals surface area contributed by atoms with Gasteiger partial charge >= 0.3 is 5.97 Å². The first kappa shape index (κ1) is 12.8. The minimum absolute atomic E-state index is 0.0203. The Balaban J connectivity index is 2.14. The van der Waals surface area contributed by atoms with Crippen LogP contribution < -0.4 is 0 Å². The molecule has 0 radical (unpaired) electrons. The second kappa shape index (κ2) is 4.12. The van der Waals surface area contributed by atoms with Crippen LogP contribution in [0.3, 0.4) is 0 Å². The third kappa shape index (κ3) is 1.53. The van der Waals surface area contributed by atoms with E-state index in [9.17, 15) is 4.79 Å². The van der Waals surface area contributed by atoms with Crippen molar-refractivity contribution < 1.29 is 14.3 Å². The van der Waals surface area contributed by atoms with Crippen molar-refractivity contribution in [3.05, 3.63) is 23.0 Å². The lowest BCUT2D eigenvalue weighted by Gasteiger charge is -2.41. The van der Waals surface area contributed by atoms with Crippen LogP contribution in [-0.4, -0.2) is 19.7 Å². The Labute approximate surface area is 114 Å². The van der Waals surface area contributed by atoms with E-state index in [0.717, 1.165) is 12.0 Å². The maximum absolute atomic E-state index is 12.1. The van der Waals surface area contributed by atoms with Gasteiger partial charge in [0.1, 0.15) is 6.61 Å². The van der Waals surface area contributed by atoms with E-state index in [1.807, 2.05) is 6.26 Å². The number of allylic oxidation sites excluding steroid dienone is 1. The maximum atomic E-state index is 12.1. The van der Waals surface area contributed by atoms with Gasteiger partial charge < -0.3 is 9.47 Å². The van der Waals surface area contributed by atoms with Crippen LogP contribution in [-0.2, 0) is 14.3 Å². The van der Waals surface area contributed by atoms with Crippen LogP contribution in [0, 0.1) is 23.2 Å². The van der Waals surface area contributed by atoms with Gasteiger partial charge in [0, 0.05) is 16.9 Å². The molecule has 0 amide bonds. The molecule has 1 saturated carbocycles. The number of esters is 1. The van der Waals surface area contributed by atoms with Crippen LogP contribution in [0.1, 0.15) is 33.6 Å². The lowest BCUT2D eigenvalue weighted by molar-refractivity contribution is -0.137. The van der Waals surface area contributed by atoms with E-state index < -0.39 is 0 Å². The number of methoxy groups -OCH3 is 1. The SMILES string of the molecule is CO/C=C1\[C@H]2C3=C(COC3=O)[C@]1(C)CC[C@@H]2C(C)C. The third-order valence-electron chi connectivity index (χ3n) is 5.35. The molecule has 2 bridgehead atoms. The maximum Gasteiger partial charge on any atom is 0.335 e. The fourth-order valence-corrected chi connectivity index (χ4v) is 4.27. The molecule has 0 aromatic carbocycles. The van der Waals surface area contributed by atoms with Gasteiger partial charge in [-0.2, -0.15) is 0 Å². The molecule has 0 spiro atoms. The first-order valence-electron chi connectivity index (χ1n) is 7.14. The molecule has 0 saturated heterocycles. The van der Waals surface area contributed by atoms with Crippen molar-refractivity contribution >= 4 is 5.97 Å². The standard InChI is InChI=1S/C16H22O3/c1-9(2)10-5-6-16(3)11(7-18-4)13(10)14-12(16)8-19-15(14)17/h7,9-10,13H,5-6,8H2,1-4H3/b11-7+/t10-,13+,16-/m1/s1. The monoisotopic (exact) mass is 262 g/mol. The highest BCUT2D eigenvalue weighted by molar-refractivity contribution is 5.95. The van der Waals surface area contributed by atoms with Crippen molar-refractivity contribution in [1.82, 2.24) is 0 Å². The molecule has 3 aliphatic rings. The highest BCUT2D eigenvalue weighted by Crippen LogP contribution is 2.62. The van der Waals surface area contributed by atoms with Crippen molar-refractivity contribution in [2.24, 2.45) is 23.2 Å². The number of hydrogen-bond donors (Lipinski definition) is 0. The van der Waals surface area contributed by atoms with Gasteiger partial charge in [0.15, 0.2) is 0 Å². The average Bonchev–Trinajstić information content (AvgIpc) is 2.78. The molecular formula is C16H22O3. The fraction of sp³-hybridized carbons (Fsp3) is 0.688. The lowest BCUT2D eigenvalue weighted by Crippen LogP contribution is -2.35. The summed E-state index contributed by atoms with van der Waals surface area (Å²) in [4.78, 5) is 12.1. The molecule has 1 fully saturated rings. The van der Waals surface area contributed by atoms with Crippen LogP contribution >= 0.6 is 0 Å². The summed E-state index contributed by atoms with van der Waals surface area (Å²) < 4.78 is 10.6. The predicted molar refractivity (Wildman–Crippen MR) is 72.2 cm³/mol. The number of fused-ring (bicyclic) bond motifs is 4. The minimum Gasteiger partial charge on any atom is -0.504 e. The first-order valence-corrected chi connectivity index (χ1v) is 7.14. The summed E-state index contributed by atoms with van der Waals surface area (Å²) in [6.45, 7) is 7.21. The number of carbonyl (C=O) groups excluding carboxylic acids is 1. The van der Waals surface area contributed by atoms with E-state index in [1.165, 1.54) is 17.6 Å². The van der Waals surface area contributed by atoms with Crippen LogP contribution in [0.2, 0.25) is 0 Å². The van der Waals surface area contributed by atoms with E-state index in [-0.39, 0.29) is 17.3 Å². The van der Waals surface area contributed by atoms with E-state index in [4.69, 9.17) is 9.47 Å². The van der Waals surface area contributed by atoms with Gasteiger partial charge in [-0.15, -0.1) is 0 Å². The Morgan fingerprint density at radius 3 is 2.84 bits per heavy atom. The topological polar surface area (TPSA) is 35.5 Å². The zero-order chi connectivity index (χ0) is 13.8. The van der Waals surface area contributed by atoms with Crippen molar-refractivity contribution in [3.8, 4) is 0 Å². The molecule has 3 rings (SSSR count). The largest absolute Gasteiger partial charge is 0.504 e. The summed E-state index contributed by atoms with van der Waals surface area (Å²) in [5.74, 6) is 1.20. The first-order chi connectivity index (χ1) is 9.00. The summed E-state index contributed by atoms with van der Waals surface area (Å²) in [7, 11) is 1.69. The lowest BCUT2D eigenvalue weighted by atomic mass is 9.63. The second-order valence-corrected chi connectivity index (χ2v) is 6.53. The molecule has 0 aromatic rings. The van der Waals surface area contributed by atoms with E-state index in [0.29, 0.717) is 18.4 Å². The molecule has 1 heterocycles. The summed E-state index contributed by atoms with van der Waals surface area (Å²) >= 11 is 0. The van der Waals surface area contributed by atoms with E-state index >= 15 is 0 Å². The molecule has 0 unspecified atom stereocenters. The van der Waals surface area contributed by atoms with Crippen LogP contribution in [0.5, 0.6) is 0 Å². The van der Waals surface area contributed by atoms with E-state index in [1.54, 1.807) is 7.11 Å². The Morgan fingerprint density at radius 2 is 2.21 bits per heavy atom. The molecular weight excluding hydrogens is 240 g/mol. The number of rotatable bonds is 2. The summed E-state index contributed by atoms with van der Waals surface area (Å²) in [5, 5.41) is 0. The summed E-state index contributed by atoms with van der Waals surface area (Å²) in [6.07, 6.45) is 4.15. The van der Waals surface area contributed by atoms with Gasteiger partial charge in [0.05, 0.1) is 13.4 Å². The summed E-state index contributed by atoms with van der Waals surface area (Å²) in [5.41, 5.74) is 3.44. The molecule has 0 aromatic heterocycles. The van der Waals surface area contributed by atoms with Gasteiger partial charge in [-0.25, -0.2) is 4.79 Å². The van der Waals surface area contributed by atoms with Crippen molar-refractivity contribution in [1.29, 1.82) is 0 Å². The zero-order valence-electron chi connectivity index (χ0n) is 12.2. The van der Waals surface area contributed by atoms with Gasteiger partial charge in [-0.05, 0) is 35.8 Å². The van der Waals surface area contributed by atoms with Gasteiger partial charge in [0.2, 0.25) is 0 Å². The summed E-state index contributed by atoms with van der Waals surface area (Å²) in [6, 6.07) is 0. The van der Waals surface area contributed by atoms with Crippen LogP contribution in [0.15, 0.2) is 23.0 Å². The van der Waals surface area contributed by atoms with Crippen LogP contribution in [0.4, 0.5) is 0 Å². The number of hydrogen-bond acceptors (Lipinski definition) is 3. The van der Waals surface area contributed by atoms with Gasteiger partial charge in [-0.3, -0.25) is 0 Å². The molecule has 19 heavy (non-hydrogen) atoms. The molecule has 0 N–H and O–H groups in total. The number of carbonyl (C=O) groups is 1. The number of ether oxygens (including phenoxy) is 2. The Kier molecular flexibility index (Phi) is 2.77. The highest BCUT2D eigenvalue weighted by Gasteiger charge is 2.57. The molecule has 3 nitrogen and oxygen atoms in total. The third-order valence-corrected chi connectivity index (χ3v) is 5.35. The molecule has 3 heteroatoms. The van der Waals surface area contributed by atoms with Crippen LogP contribution in [0.25, 0.3) is 0 Å². The molecule has 104 valence electrons. The van der Waals surface area contributed by atoms with Gasteiger partial charge in [-0.1, -0.05) is 20.8 Å². The normalized spacial score (nSPS) is 39.0. The quantitative estimate of drug-likeness (QED) is 0.566. The average molecular weight is 262 g/mol. The van der Waals surface area contributed by atoms with Gasteiger partial charge in [0.25, 0.3) is 0 Å². The second-order valence-electron chi connectivity index (χ2n) is 6.53. The Morgan fingerprint density at radius 1 is 1.47 bits per heavy atom. The van der Waals surface area contributed by atoms with E-state index in [2.05, 4.69) is 20.8 Å². The smallest absolute Gasteiger partial charge is 0.335 e. The predicted octanol–water partition coefficient (Wildman–Crippen LogP) is 3.07. The molecule has 1 aliphatic heterocycles. The fourth-order valence-electron chi connectivity index (χ4n) is 4.27.